The van der Waals surface area contributed by atoms with Crippen LogP contribution in [0.4, 0.5) is 13.2 Å². The summed E-state index contributed by atoms with van der Waals surface area (Å²) >= 11 is 0. The molecular weight excluding hydrogens is 373 g/mol. The molecule has 0 bridgehead atoms. The number of hydrogen-bond donors (Lipinski definition) is 0. The van der Waals surface area contributed by atoms with Crippen molar-refractivity contribution < 1.29 is 22.4 Å². The Morgan fingerprint density at radius 2 is 1.71 bits per heavy atom. The van der Waals surface area contributed by atoms with E-state index in [4.69, 9.17) is 9.26 Å². The molecule has 3 heterocycles. The molecule has 0 spiro atoms. The monoisotopic (exact) mass is 384 g/mol. The highest BCUT2D eigenvalue weighted by molar-refractivity contribution is 5.59. The highest BCUT2D eigenvalue weighted by Gasteiger charge is 2.30. The summed E-state index contributed by atoms with van der Waals surface area (Å²) < 4.78 is 48.4. The Bertz CT molecular complexity index is 1060. The van der Waals surface area contributed by atoms with Crippen molar-refractivity contribution in [2.24, 2.45) is 0 Å². The molecule has 4 rings (SSSR count). The maximum atomic E-state index is 12.6. The van der Waals surface area contributed by atoms with E-state index in [1.165, 1.54) is 0 Å². The first-order chi connectivity index (χ1) is 13.5. The van der Waals surface area contributed by atoms with Gasteiger partial charge in [0.25, 0.3) is 5.89 Å². The van der Waals surface area contributed by atoms with Crippen molar-refractivity contribution in [3.05, 3.63) is 72.7 Å². The Kier molecular flexibility index (Phi) is 4.48. The maximum Gasteiger partial charge on any atom is 0.417 e. The zero-order chi connectivity index (χ0) is 19.6. The van der Waals surface area contributed by atoms with Crippen molar-refractivity contribution in [1.82, 2.24) is 20.1 Å². The van der Waals surface area contributed by atoms with Gasteiger partial charge in [-0.2, -0.15) is 18.2 Å². The predicted molar refractivity (Wildman–Crippen MR) is 92.3 cm³/mol. The smallest absolute Gasteiger partial charge is 0.417 e. The first-order valence-corrected chi connectivity index (χ1v) is 8.05. The molecule has 0 amide bonds. The number of aromatic nitrogens is 4. The second kappa shape index (κ2) is 7.10. The third kappa shape index (κ3) is 3.83. The molecule has 0 N–H and O–H groups in total. The van der Waals surface area contributed by atoms with Crippen molar-refractivity contribution in [2.75, 3.05) is 0 Å². The van der Waals surface area contributed by atoms with Crippen molar-refractivity contribution in [1.29, 1.82) is 0 Å². The quantitative estimate of drug-likeness (QED) is 0.493. The molecule has 0 saturated carbocycles. The molecule has 4 aromatic rings. The minimum absolute atomic E-state index is 0.0548. The van der Waals surface area contributed by atoms with E-state index in [-0.39, 0.29) is 5.88 Å². The van der Waals surface area contributed by atoms with Gasteiger partial charge in [0.1, 0.15) is 5.75 Å². The SMILES string of the molecule is FC(F)(F)c1ccc(Oc2ccc(-c3noc(-c4cccnc4)n3)cc2)nc1. The fourth-order valence-electron chi connectivity index (χ4n) is 2.35. The lowest BCUT2D eigenvalue weighted by Gasteiger charge is -2.08. The number of rotatable bonds is 4. The number of alkyl halides is 3. The Hall–Kier alpha value is -3.75. The van der Waals surface area contributed by atoms with Crippen molar-refractivity contribution >= 4 is 0 Å². The molecule has 0 saturated heterocycles. The van der Waals surface area contributed by atoms with Gasteiger partial charge in [0.15, 0.2) is 0 Å². The molecule has 0 aliphatic carbocycles. The van der Waals surface area contributed by atoms with Gasteiger partial charge >= 0.3 is 6.18 Å². The van der Waals surface area contributed by atoms with Crippen molar-refractivity contribution in [3.8, 4) is 34.5 Å². The average Bonchev–Trinajstić information content (AvgIpc) is 3.19. The van der Waals surface area contributed by atoms with Gasteiger partial charge in [-0.3, -0.25) is 4.98 Å². The van der Waals surface area contributed by atoms with E-state index in [1.54, 1.807) is 48.8 Å². The van der Waals surface area contributed by atoms with Crippen LogP contribution in [-0.4, -0.2) is 20.1 Å². The fraction of sp³-hybridized carbons (Fsp3) is 0.0526. The number of hydrogen-bond acceptors (Lipinski definition) is 6. The Balaban J connectivity index is 1.48. The summed E-state index contributed by atoms with van der Waals surface area (Å²) in [5.41, 5.74) is 0.554. The largest absolute Gasteiger partial charge is 0.439 e. The van der Waals surface area contributed by atoms with Gasteiger partial charge in [-0.25, -0.2) is 4.98 Å². The summed E-state index contributed by atoms with van der Waals surface area (Å²) in [6.45, 7) is 0. The second-order valence-electron chi connectivity index (χ2n) is 5.67. The van der Waals surface area contributed by atoms with Gasteiger partial charge in [-0.05, 0) is 42.5 Å². The molecular formula is C19H11F3N4O2. The highest BCUT2D eigenvalue weighted by Crippen LogP contribution is 2.30. The molecule has 0 unspecified atom stereocenters. The van der Waals surface area contributed by atoms with Crippen LogP contribution in [0.2, 0.25) is 0 Å². The van der Waals surface area contributed by atoms with Gasteiger partial charge in [-0.15, -0.1) is 0 Å². The average molecular weight is 384 g/mol. The molecule has 0 radical (unpaired) electrons. The van der Waals surface area contributed by atoms with Gasteiger partial charge in [0.05, 0.1) is 11.1 Å². The minimum atomic E-state index is -4.44. The molecule has 0 aliphatic rings. The van der Waals surface area contributed by atoms with Crippen molar-refractivity contribution in [3.63, 3.8) is 0 Å². The van der Waals surface area contributed by atoms with Crippen LogP contribution in [0.5, 0.6) is 11.6 Å². The molecule has 140 valence electrons. The normalized spacial score (nSPS) is 11.4. The number of halogens is 3. The van der Waals surface area contributed by atoms with Gasteiger partial charge in [-0.1, -0.05) is 5.16 Å². The first-order valence-electron chi connectivity index (χ1n) is 8.05. The standard InChI is InChI=1S/C19H11F3N4O2/c20-19(21,22)14-5-8-16(24-11-14)27-15-6-3-12(4-7-15)17-25-18(28-26-17)13-2-1-9-23-10-13/h1-11H. The summed E-state index contributed by atoms with van der Waals surface area (Å²) in [6.07, 6.45) is -0.453. The van der Waals surface area contributed by atoms with Crippen LogP contribution in [0.25, 0.3) is 22.8 Å². The summed E-state index contributed by atoms with van der Waals surface area (Å²) in [4.78, 5) is 12.0. The maximum absolute atomic E-state index is 12.6. The topological polar surface area (TPSA) is 73.9 Å². The van der Waals surface area contributed by atoms with Gasteiger partial charge in [0, 0.05) is 30.2 Å². The van der Waals surface area contributed by atoms with E-state index in [1.807, 2.05) is 0 Å². The molecule has 1 aromatic carbocycles. The van der Waals surface area contributed by atoms with E-state index in [9.17, 15) is 13.2 Å². The number of ether oxygens (including phenoxy) is 1. The van der Waals surface area contributed by atoms with E-state index >= 15 is 0 Å². The lowest BCUT2D eigenvalue weighted by molar-refractivity contribution is -0.137. The Morgan fingerprint density at radius 1 is 0.893 bits per heavy atom. The molecule has 3 aromatic heterocycles. The van der Waals surface area contributed by atoms with E-state index in [0.29, 0.717) is 28.6 Å². The van der Waals surface area contributed by atoms with E-state index in [2.05, 4.69) is 20.1 Å². The number of pyridine rings is 2. The van der Waals surface area contributed by atoms with Crippen LogP contribution in [0.3, 0.4) is 0 Å². The zero-order valence-electron chi connectivity index (χ0n) is 14.1. The predicted octanol–water partition coefficient (Wildman–Crippen LogP) is 5.00. The Labute approximate surface area is 156 Å². The molecule has 0 atom stereocenters. The molecule has 6 nitrogen and oxygen atoms in total. The highest BCUT2D eigenvalue weighted by atomic mass is 19.4. The Morgan fingerprint density at radius 3 is 2.36 bits per heavy atom. The summed E-state index contributed by atoms with van der Waals surface area (Å²) in [5, 5.41) is 3.94. The second-order valence-corrected chi connectivity index (χ2v) is 5.67. The van der Waals surface area contributed by atoms with Crippen molar-refractivity contribution in [2.45, 2.75) is 6.18 Å². The third-order valence-corrected chi connectivity index (χ3v) is 3.73. The van der Waals surface area contributed by atoms with Crippen LogP contribution < -0.4 is 4.74 Å². The van der Waals surface area contributed by atoms with E-state index < -0.39 is 11.7 Å². The summed E-state index contributed by atoms with van der Waals surface area (Å²) in [5.74, 6) is 1.20. The molecule has 0 fully saturated rings. The molecule has 9 heteroatoms. The fourth-order valence-corrected chi connectivity index (χ4v) is 2.35. The summed E-state index contributed by atoms with van der Waals surface area (Å²) in [6, 6.07) is 12.3. The van der Waals surface area contributed by atoms with Gasteiger partial charge < -0.3 is 9.26 Å². The van der Waals surface area contributed by atoms with Crippen LogP contribution in [0, 0.1) is 0 Å². The van der Waals surface area contributed by atoms with Crippen LogP contribution in [-0.2, 0) is 6.18 Å². The number of benzene rings is 1. The lowest BCUT2D eigenvalue weighted by atomic mass is 10.2. The minimum Gasteiger partial charge on any atom is -0.439 e. The first kappa shape index (κ1) is 17.7. The van der Waals surface area contributed by atoms with Crippen LogP contribution in [0.1, 0.15) is 5.56 Å². The third-order valence-electron chi connectivity index (χ3n) is 3.73. The lowest BCUT2D eigenvalue weighted by Crippen LogP contribution is -2.05. The number of nitrogens with zero attached hydrogens (tertiary/aromatic N) is 4. The van der Waals surface area contributed by atoms with Crippen LogP contribution in [0.15, 0.2) is 71.6 Å². The molecule has 28 heavy (non-hydrogen) atoms. The van der Waals surface area contributed by atoms with Crippen LogP contribution >= 0.6 is 0 Å². The van der Waals surface area contributed by atoms with E-state index in [0.717, 1.165) is 18.3 Å². The molecule has 0 aliphatic heterocycles. The van der Waals surface area contributed by atoms with Gasteiger partial charge in [0.2, 0.25) is 11.7 Å². The zero-order valence-corrected chi connectivity index (χ0v) is 14.1. The summed E-state index contributed by atoms with van der Waals surface area (Å²) in [7, 11) is 0.